The van der Waals surface area contributed by atoms with E-state index in [2.05, 4.69) is 5.32 Å². The van der Waals surface area contributed by atoms with Gasteiger partial charge in [0.25, 0.3) is 0 Å². The molecular formula is C34H24ClFN2O3. The van der Waals surface area contributed by atoms with E-state index in [0.29, 0.717) is 11.3 Å². The van der Waals surface area contributed by atoms with Crippen molar-refractivity contribution in [2.45, 2.75) is 24.4 Å². The van der Waals surface area contributed by atoms with Crippen molar-refractivity contribution in [1.82, 2.24) is 0 Å². The maximum atomic E-state index is 14.7. The molecule has 1 amide bonds. The predicted molar refractivity (Wildman–Crippen MR) is 157 cm³/mol. The highest BCUT2D eigenvalue weighted by atomic mass is 35.5. The first-order valence-electron chi connectivity index (χ1n) is 13.4. The third-order valence-electron chi connectivity index (χ3n) is 8.70. The van der Waals surface area contributed by atoms with Crippen LogP contribution in [0.1, 0.15) is 38.8 Å². The largest absolute Gasteiger partial charge is 0.352 e. The number of carbonyl (C=O) groups is 3. The van der Waals surface area contributed by atoms with Crippen molar-refractivity contribution in [3.63, 3.8) is 0 Å². The van der Waals surface area contributed by atoms with E-state index >= 15 is 0 Å². The minimum atomic E-state index is -1.45. The van der Waals surface area contributed by atoms with E-state index < -0.39 is 35.0 Å². The average molecular weight is 563 g/mol. The Morgan fingerprint density at radius 1 is 0.878 bits per heavy atom. The summed E-state index contributed by atoms with van der Waals surface area (Å²) in [6.45, 7) is 1.97. The minimum Gasteiger partial charge on any atom is -0.352 e. The minimum absolute atomic E-state index is 0.221. The van der Waals surface area contributed by atoms with E-state index in [1.54, 1.807) is 24.3 Å². The molecule has 3 aliphatic heterocycles. The van der Waals surface area contributed by atoms with E-state index in [1.165, 1.54) is 24.3 Å². The molecule has 0 bridgehead atoms. The number of nitrogens with zero attached hydrogens (tertiary/aromatic N) is 1. The van der Waals surface area contributed by atoms with Gasteiger partial charge in [0.2, 0.25) is 5.91 Å². The molecule has 3 heterocycles. The number of nitrogens with one attached hydrogen (secondary N) is 1. The second-order valence-electron chi connectivity index (χ2n) is 10.7. The summed E-state index contributed by atoms with van der Waals surface area (Å²) in [7, 11) is 0. The SMILES string of the molecule is CC1=C[C@@H]2N(c3ccccc31)[C@H](C(=O)c1ccccc1Cl)[C@H](C(=O)c1ccc(F)cc1)[C@]21C(=O)Nc2ccccc21. The number of para-hydroxylation sites is 2. The summed E-state index contributed by atoms with van der Waals surface area (Å²) < 4.78 is 13.9. The van der Waals surface area contributed by atoms with Crippen molar-refractivity contribution in [3.05, 3.63) is 136 Å². The molecule has 41 heavy (non-hydrogen) atoms. The van der Waals surface area contributed by atoms with Crippen LogP contribution >= 0.6 is 11.6 Å². The van der Waals surface area contributed by atoms with Gasteiger partial charge in [0.1, 0.15) is 17.3 Å². The summed E-state index contributed by atoms with van der Waals surface area (Å²) in [4.78, 5) is 45.7. The molecule has 1 N–H and O–H groups in total. The van der Waals surface area contributed by atoms with Crippen LogP contribution in [0.5, 0.6) is 0 Å². The van der Waals surface area contributed by atoms with Crippen LogP contribution in [-0.2, 0) is 10.2 Å². The predicted octanol–water partition coefficient (Wildman–Crippen LogP) is 6.73. The van der Waals surface area contributed by atoms with E-state index in [-0.39, 0.29) is 27.8 Å². The maximum Gasteiger partial charge on any atom is 0.238 e. The molecule has 0 radical (unpaired) electrons. The highest BCUT2D eigenvalue weighted by Gasteiger charge is 2.70. The fourth-order valence-electron chi connectivity index (χ4n) is 7.00. The van der Waals surface area contributed by atoms with Crippen molar-refractivity contribution < 1.29 is 18.8 Å². The van der Waals surface area contributed by atoms with Gasteiger partial charge < -0.3 is 10.2 Å². The molecule has 1 saturated heterocycles. The fraction of sp³-hybridized carbons (Fsp3) is 0.147. The smallest absolute Gasteiger partial charge is 0.238 e. The van der Waals surface area contributed by atoms with Crippen LogP contribution in [0.4, 0.5) is 15.8 Å². The molecule has 3 aliphatic rings. The molecule has 0 aromatic heterocycles. The van der Waals surface area contributed by atoms with E-state index in [1.807, 2.05) is 66.4 Å². The highest BCUT2D eigenvalue weighted by Crippen LogP contribution is 2.59. The van der Waals surface area contributed by atoms with Crippen LogP contribution in [0, 0.1) is 11.7 Å². The summed E-state index contributed by atoms with van der Waals surface area (Å²) >= 11 is 6.56. The van der Waals surface area contributed by atoms with Crippen LogP contribution in [0.3, 0.4) is 0 Å². The Balaban J connectivity index is 1.57. The molecule has 4 aromatic rings. The Morgan fingerprint density at radius 2 is 1.56 bits per heavy atom. The van der Waals surface area contributed by atoms with E-state index in [0.717, 1.165) is 16.8 Å². The molecule has 1 spiro atoms. The molecule has 0 unspecified atom stereocenters. The van der Waals surface area contributed by atoms with Gasteiger partial charge in [-0.05, 0) is 66.6 Å². The highest BCUT2D eigenvalue weighted by molar-refractivity contribution is 6.34. The Bertz CT molecular complexity index is 1800. The molecule has 0 saturated carbocycles. The number of anilines is 2. The number of fused-ring (bicyclic) bond motifs is 6. The molecule has 0 aliphatic carbocycles. The van der Waals surface area contributed by atoms with Crippen molar-refractivity contribution >= 4 is 46.0 Å². The molecule has 4 aromatic carbocycles. The molecular weight excluding hydrogens is 539 g/mol. The molecule has 7 heteroatoms. The Morgan fingerprint density at radius 3 is 2.34 bits per heavy atom. The standard InChI is InChI=1S/C34H24ClFN2O3/c1-19-18-28-34(24-10-4-6-12-26(24)37-33(34)41)29(31(39)20-14-16-21(36)17-15-20)30(32(40)23-9-2-5-11-25(23)35)38(28)27-13-7-3-8-22(19)27/h2-18,28-30H,1H3,(H,37,41)/t28-,29+,30-,34+/m0/s1. The van der Waals surface area contributed by atoms with Crippen LogP contribution in [0.25, 0.3) is 5.57 Å². The van der Waals surface area contributed by atoms with Crippen LogP contribution in [-0.4, -0.2) is 29.6 Å². The number of Topliss-reactive ketones (excluding diaryl/α,β-unsaturated/α-hetero) is 2. The van der Waals surface area contributed by atoms with Gasteiger partial charge >= 0.3 is 0 Å². The van der Waals surface area contributed by atoms with Crippen molar-refractivity contribution in [1.29, 1.82) is 0 Å². The number of hydrogen-bond acceptors (Lipinski definition) is 4. The number of rotatable bonds is 4. The lowest BCUT2D eigenvalue weighted by molar-refractivity contribution is -0.121. The third kappa shape index (κ3) is 3.50. The molecule has 4 atom stereocenters. The Kier molecular flexibility index (Phi) is 5.73. The van der Waals surface area contributed by atoms with Gasteiger partial charge in [-0.1, -0.05) is 66.2 Å². The first kappa shape index (κ1) is 25.4. The van der Waals surface area contributed by atoms with Crippen LogP contribution in [0.2, 0.25) is 5.02 Å². The summed E-state index contributed by atoms with van der Waals surface area (Å²) in [5, 5.41) is 3.27. The number of carbonyl (C=O) groups excluding carboxylic acids is 3. The van der Waals surface area contributed by atoms with Crippen molar-refractivity contribution in [2.24, 2.45) is 5.92 Å². The zero-order valence-electron chi connectivity index (χ0n) is 22.0. The Labute approximate surface area is 241 Å². The molecule has 5 nitrogen and oxygen atoms in total. The Hall–Kier alpha value is -4.55. The summed E-state index contributed by atoms with van der Waals surface area (Å²) in [5.74, 6) is -2.77. The van der Waals surface area contributed by atoms with Crippen molar-refractivity contribution in [2.75, 3.05) is 10.2 Å². The van der Waals surface area contributed by atoms with Gasteiger partial charge in [-0.25, -0.2) is 4.39 Å². The second-order valence-corrected chi connectivity index (χ2v) is 11.1. The quantitative estimate of drug-likeness (QED) is 0.280. The zero-order valence-corrected chi connectivity index (χ0v) is 22.7. The van der Waals surface area contributed by atoms with E-state index in [4.69, 9.17) is 11.6 Å². The summed E-state index contributed by atoms with van der Waals surface area (Å²) in [6.07, 6.45) is 1.99. The molecule has 1 fully saturated rings. The topological polar surface area (TPSA) is 66.5 Å². The first-order valence-corrected chi connectivity index (χ1v) is 13.8. The van der Waals surface area contributed by atoms with Crippen molar-refractivity contribution in [3.8, 4) is 0 Å². The van der Waals surface area contributed by atoms with E-state index in [9.17, 15) is 18.8 Å². The lowest BCUT2D eigenvalue weighted by Gasteiger charge is -2.39. The van der Waals surface area contributed by atoms with Gasteiger partial charge in [0.15, 0.2) is 11.6 Å². The average Bonchev–Trinajstić information content (AvgIpc) is 3.45. The third-order valence-corrected chi connectivity index (χ3v) is 9.03. The monoisotopic (exact) mass is 562 g/mol. The van der Waals surface area contributed by atoms with Crippen LogP contribution < -0.4 is 10.2 Å². The normalized spacial score (nSPS) is 23.9. The summed E-state index contributed by atoms with van der Waals surface area (Å²) in [5.41, 5.74) is 2.91. The second kappa shape index (κ2) is 9.25. The zero-order chi connectivity index (χ0) is 28.5. The number of hydrogen-bond donors (Lipinski definition) is 1. The maximum absolute atomic E-state index is 14.7. The van der Waals surface area contributed by atoms with Gasteiger partial charge in [-0.3, -0.25) is 14.4 Å². The van der Waals surface area contributed by atoms with Crippen LogP contribution in [0.15, 0.2) is 103 Å². The molecule has 202 valence electrons. The summed E-state index contributed by atoms with van der Waals surface area (Å²) in [6, 6.07) is 25.3. The van der Waals surface area contributed by atoms with Gasteiger partial charge in [0, 0.05) is 28.1 Å². The fourth-order valence-corrected chi connectivity index (χ4v) is 7.23. The molecule has 7 rings (SSSR count). The number of ketones is 2. The van der Waals surface area contributed by atoms with Gasteiger partial charge in [-0.15, -0.1) is 0 Å². The number of amides is 1. The lowest BCUT2D eigenvalue weighted by Crippen LogP contribution is -2.51. The van der Waals surface area contributed by atoms with Gasteiger partial charge in [-0.2, -0.15) is 0 Å². The lowest BCUT2D eigenvalue weighted by atomic mass is 9.64. The van der Waals surface area contributed by atoms with Gasteiger partial charge in [0.05, 0.1) is 17.0 Å². The number of benzene rings is 4. The number of halogens is 2. The first-order chi connectivity index (χ1) is 19.8. The number of allylic oxidation sites excluding steroid dienone is 1.